The van der Waals surface area contributed by atoms with Gasteiger partial charge in [-0.3, -0.25) is 4.79 Å². The maximum atomic E-state index is 11.3. The van der Waals surface area contributed by atoms with Gasteiger partial charge in [0.15, 0.2) is 5.78 Å². The van der Waals surface area contributed by atoms with Gasteiger partial charge < -0.3 is 4.74 Å². The molecule has 0 aliphatic heterocycles. The van der Waals surface area contributed by atoms with E-state index < -0.39 is 0 Å². The van der Waals surface area contributed by atoms with Gasteiger partial charge in [-0.15, -0.1) is 0 Å². The number of rotatable bonds is 1. The summed E-state index contributed by atoms with van der Waals surface area (Å²) < 4.78 is 5.55. The van der Waals surface area contributed by atoms with Crippen molar-refractivity contribution in [2.24, 2.45) is 5.41 Å². The van der Waals surface area contributed by atoms with Crippen molar-refractivity contribution in [1.82, 2.24) is 0 Å². The van der Waals surface area contributed by atoms with E-state index in [2.05, 4.69) is 6.92 Å². The Morgan fingerprint density at radius 3 is 3.00 bits per heavy atom. The minimum absolute atomic E-state index is 0.140. The predicted molar refractivity (Wildman–Crippen MR) is 55.1 cm³/mol. The Morgan fingerprint density at radius 1 is 1.50 bits per heavy atom. The van der Waals surface area contributed by atoms with Crippen LogP contribution in [-0.2, 0) is 9.53 Å². The van der Waals surface area contributed by atoms with Gasteiger partial charge in [-0.05, 0) is 31.8 Å². The number of carbonyl (C=O) groups excluding carboxylic acids is 1. The topological polar surface area (TPSA) is 26.3 Å². The molecule has 0 bridgehead atoms. The van der Waals surface area contributed by atoms with Gasteiger partial charge in [0.25, 0.3) is 0 Å². The van der Waals surface area contributed by atoms with E-state index in [-0.39, 0.29) is 5.41 Å². The molecule has 0 aromatic carbocycles. The average Bonchev–Trinajstić information content (AvgIpc) is 2.18. The van der Waals surface area contributed by atoms with Crippen LogP contribution in [0.15, 0.2) is 11.6 Å². The number of carbonyl (C=O) groups is 1. The second kappa shape index (κ2) is 3.50. The molecule has 1 saturated carbocycles. The fraction of sp³-hybridized carbons (Fsp3) is 0.750. The lowest BCUT2D eigenvalue weighted by Gasteiger charge is -2.44. The third-order valence-electron chi connectivity index (χ3n) is 3.87. The fourth-order valence-electron chi connectivity index (χ4n) is 2.87. The molecule has 2 rings (SSSR count). The highest BCUT2D eigenvalue weighted by Crippen LogP contribution is 2.47. The molecular formula is C12H18O2. The van der Waals surface area contributed by atoms with Crippen LogP contribution in [0.25, 0.3) is 0 Å². The van der Waals surface area contributed by atoms with E-state index in [0.29, 0.717) is 18.3 Å². The van der Waals surface area contributed by atoms with Gasteiger partial charge in [0.05, 0.1) is 6.10 Å². The monoisotopic (exact) mass is 194 g/mol. The van der Waals surface area contributed by atoms with E-state index in [9.17, 15) is 4.79 Å². The lowest BCUT2D eigenvalue weighted by molar-refractivity contribution is -0.117. The molecule has 2 atom stereocenters. The highest BCUT2D eigenvalue weighted by atomic mass is 16.5. The van der Waals surface area contributed by atoms with Crippen molar-refractivity contribution in [2.45, 2.75) is 45.1 Å². The number of fused-ring (bicyclic) bond motifs is 1. The van der Waals surface area contributed by atoms with Gasteiger partial charge in [-0.2, -0.15) is 0 Å². The molecule has 1 fully saturated rings. The van der Waals surface area contributed by atoms with Gasteiger partial charge in [0.1, 0.15) is 0 Å². The van der Waals surface area contributed by atoms with Gasteiger partial charge in [-0.1, -0.05) is 12.5 Å². The van der Waals surface area contributed by atoms with Crippen molar-refractivity contribution < 1.29 is 9.53 Å². The van der Waals surface area contributed by atoms with E-state index in [0.717, 1.165) is 25.7 Å². The van der Waals surface area contributed by atoms with Gasteiger partial charge in [0.2, 0.25) is 0 Å². The first-order valence-electron chi connectivity index (χ1n) is 5.43. The van der Waals surface area contributed by atoms with Crippen LogP contribution in [0.1, 0.15) is 39.0 Å². The van der Waals surface area contributed by atoms with Crippen molar-refractivity contribution in [1.29, 1.82) is 0 Å². The maximum Gasteiger partial charge on any atom is 0.155 e. The highest BCUT2D eigenvalue weighted by Gasteiger charge is 2.42. The summed E-state index contributed by atoms with van der Waals surface area (Å²) in [7, 11) is 1.79. The summed E-state index contributed by atoms with van der Waals surface area (Å²) >= 11 is 0. The van der Waals surface area contributed by atoms with Crippen molar-refractivity contribution >= 4 is 5.78 Å². The molecule has 0 radical (unpaired) electrons. The Hall–Kier alpha value is -0.630. The Kier molecular flexibility index (Phi) is 2.48. The Labute approximate surface area is 85.3 Å². The van der Waals surface area contributed by atoms with E-state index in [1.165, 1.54) is 5.57 Å². The molecule has 0 N–H and O–H groups in total. The van der Waals surface area contributed by atoms with Crippen molar-refractivity contribution in [3.05, 3.63) is 11.6 Å². The third kappa shape index (κ3) is 1.42. The molecule has 0 spiro atoms. The molecule has 14 heavy (non-hydrogen) atoms. The van der Waals surface area contributed by atoms with Crippen molar-refractivity contribution in [2.75, 3.05) is 7.11 Å². The summed E-state index contributed by atoms with van der Waals surface area (Å²) in [5, 5.41) is 0. The number of hydrogen-bond donors (Lipinski definition) is 0. The Balaban J connectivity index is 2.31. The number of ketones is 1. The molecule has 0 heterocycles. The first-order chi connectivity index (χ1) is 6.66. The quantitative estimate of drug-likeness (QED) is 0.641. The molecule has 2 aliphatic rings. The molecular weight excluding hydrogens is 176 g/mol. The summed E-state index contributed by atoms with van der Waals surface area (Å²) in [4.78, 5) is 11.3. The Morgan fingerprint density at radius 2 is 2.29 bits per heavy atom. The van der Waals surface area contributed by atoms with Gasteiger partial charge in [-0.25, -0.2) is 0 Å². The molecule has 2 heteroatoms. The molecule has 0 saturated heterocycles. The highest BCUT2D eigenvalue weighted by molar-refractivity contribution is 5.91. The van der Waals surface area contributed by atoms with Crippen LogP contribution in [0.4, 0.5) is 0 Å². The van der Waals surface area contributed by atoms with Crippen LogP contribution < -0.4 is 0 Å². The second-order valence-electron chi connectivity index (χ2n) is 4.67. The fourth-order valence-corrected chi connectivity index (χ4v) is 2.87. The maximum absolute atomic E-state index is 11.3. The van der Waals surface area contributed by atoms with Crippen LogP contribution >= 0.6 is 0 Å². The Bertz CT molecular complexity index is 280. The lowest BCUT2D eigenvalue weighted by Crippen LogP contribution is -2.41. The number of hydrogen-bond acceptors (Lipinski definition) is 2. The number of methoxy groups -OCH3 is 1. The van der Waals surface area contributed by atoms with E-state index >= 15 is 0 Å². The van der Waals surface area contributed by atoms with Crippen molar-refractivity contribution in [3.8, 4) is 0 Å². The first kappa shape index (κ1) is 9.91. The van der Waals surface area contributed by atoms with Crippen LogP contribution in [-0.4, -0.2) is 19.0 Å². The average molecular weight is 194 g/mol. The third-order valence-corrected chi connectivity index (χ3v) is 3.87. The summed E-state index contributed by atoms with van der Waals surface area (Å²) in [5.74, 6) is 0.300. The number of ether oxygens (including phenoxy) is 1. The second-order valence-corrected chi connectivity index (χ2v) is 4.67. The van der Waals surface area contributed by atoms with Gasteiger partial charge >= 0.3 is 0 Å². The predicted octanol–water partition coefficient (Wildman–Crippen LogP) is 2.48. The summed E-state index contributed by atoms with van der Waals surface area (Å²) in [6.07, 6.45) is 7.23. The zero-order valence-electron chi connectivity index (χ0n) is 9.01. The molecule has 78 valence electrons. The van der Waals surface area contributed by atoms with Crippen LogP contribution in [0, 0.1) is 5.41 Å². The zero-order chi connectivity index (χ0) is 10.2. The van der Waals surface area contributed by atoms with E-state index in [4.69, 9.17) is 4.74 Å². The van der Waals surface area contributed by atoms with E-state index in [1.807, 2.05) is 6.08 Å². The number of allylic oxidation sites excluding steroid dienone is 1. The van der Waals surface area contributed by atoms with Crippen LogP contribution in [0.5, 0.6) is 0 Å². The summed E-state index contributed by atoms with van der Waals surface area (Å²) in [5.41, 5.74) is 1.47. The normalized spacial score (nSPS) is 37.7. The van der Waals surface area contributed by atoms with Crippen LogP contribution in [0.3, 0.4) is 0 Å². The zero-order valence-corrected chi connectivity index (χ0v) is 9.01. The van der Waals surface area contributed by atoms with Crippen molar-refractivity contribution in [3.63, 3.8) is 0 Å². The summed E-state index contributed by atoms with van der Waals surface area (Å²) in [6.45, 7) is 2.25. The van der Waals surface area contributed by atoms with Crippen LogP contribution in [0.2, 0.25) is 0 Å². The van der Waals surface area contributed by atoms with Gasteiger partial charge in [0, 0.05) is 18.9 Å². The summed E-state index contributed by atoms with van der Waals surface area (Å²) in [6, 6.07) is 0. The molecule has 2 nitrogen and oxygen atoms in total. The largest absolute Gasteiger partial charge is 0.381 e. The minimum atomic E-state index is 0.140. The smallest absolute Gasteiger partial charge is 0.155 e. The first-order valence-corrected chi connectivity index (χ1v) is 5.43. The SMILES string of the molecule is COC1CCCC2=CC(=O)CCC21C. The molecule has 0 amide bonds. The van der Waals surface area contributed by atoms with E-state index in [1.54, 1.807) is 7.11 Å². The molecule has 0 aromatic heterocycles. The standard InChI is InChI=1S/C12H18O2/c1-12-7-6-10(13)8-9(12)4-3-5-11(12)14-2/h8,11H,3-7H2,1-2H3. The minimum Gasteiger partial charge on any atom is -0.381 e. The molecule has 0 aromatic rings. The molecule has 2 unspecified atom stereocenters. The lowest BCUT2D eigenvalue weighted by atomic mass is 9.64. The molecule has 2 aliphatic carbocycles.